The fraction of sp³-hybridized carbons (Fsp3) is 0.312. The van der Waals surface area contributed by atoms with E-state index in [2.05, 4.69) is 20.6 Å². The van der Waals surface area contributed by atoms with Gasteiger partial charge >= 0.3 is 6.18 Å². The van der Waals surface area contributed by atoms with Crippen molar-refractivity contribution in [2.45, 2.75) is 32.5 Å². The van der Waals surface area contributed by atoms with Crippen LogP contribution >= 0.6 is 0 Å². The first-order valence-corrected chi connectivity index (χ1v) is 7.36. The van der Waals surface area contributed by atoms with Gasteiger partial charge in [-0.3, -0.25) is 4.79 Å². The molecule has 0 saturated heterocycles. The standard InChI is InChI=1S/C16H17F3N4O/c1-3-10(2)22-14-8-13(20-9-21-14)15(24)23-12-6-4-11(5-7-12)16(17,18)19/h4-10H,3H2,1-2H3,(H,23,24)(H,20,21,22). The van der Waals surface area contributed by atoms with Crippen LogP contribution in [0.3, 0.4) is 0 Å². The molecular weight excluding hydrogens is 321 g/mol. The van der Waals surface area contributed by atoms with Gasteiger partial charge in [-0.05, 0) is 37.6 Å². The summed E-state index contributed by atoms with van der Waals surface area (Å²) in [7, 11) is 0. The van der Waals surface area contributed by atoms with E-state index in [1.165, 1.54) is 24.5 Å². The van der Waals surface area contributed by atoms with Crippen molar-refractivity contribution >= 4 is 17.4 Å². The highest BCUT2D eigenvalue weighted by molar-refractivity contribution is 6.03. The molecule has 128 valence electrons. The van der Waals surface area contributed by atoms with Crippen LogP contribution < -0.4 is 10.6 Å². The number of amides is 1. The molecule has 2 rings (SSSR count). The van der Waals surface area contributed by atoms with Crippen LogP contribution in [-0.4, -0.2) is 21.9 Å². The molecule has 0 saturated carbocycles. The van der Waals surface area contributed by atoms with Gasteiger partial charge in [-0.2, -0.15) is 13.2 Å². The van der Waals surface area contributed by atoms with Crippen molar-refractivity contribution in [1.82, 2.24) is 9.97 Å². The number of nitrogens with one attached hydrogen (secondary N) is 2. The van der Waals surface area contributed by atoms with Crippen molar-refractivity contribution < 1.29 is 18.0 Å². The first-order chi connectivity index (χ1) is 11.3. The Balaban J connectivity index is 2.08. The van der Waals surface area contributed by atoms with E-state index in [4.69, 9.17) is 0 Å². The predicted molar refractivity (Wildman–Crippen MR) is 84.8 cm³/mol. The third-order valence-electron chi connectivity index (χ3n) is 3.38. The highest BCUT2D eigenvalue weighted by Crippen LogP contribution is 2.29. The molecule has 0 fully saturated rings. The van der Waals surface area contributed by atoms with Gasteiger partial charge in [0, 0.05) is 17.8 Å². The summed E-state index contributed by atoms with van der Waals surface area (Å²) in [5.74, 6) is -0.0127. The molecule has 0 spiro atoms. The molecule has 0 aliphatic rings. The van der Waals surface area contributed by atoms with Crippen molar-refractivity contribution in [3.63, 3.8) is 0 Å². The Morgan fingerprint density at radius 2 is 1.88 bits per heavy atom. The predicted octanol–water partition coefficient (Wildman–Crippen LogP) is 3.96. The number of hydrogen-bond acceptors (Lipinski definition) is 4. The van der Waals surface area contributed by atoms with Crippen LogP contribution in [-0.2, 0) is 6.18 Å². The smallest absolute Gasteiger partial charge is 0.368 e. The first-order valence-electron chi connectivity index (χ1n) is 7.36. The molecule has 2 N–H and O–H groups in total. The normalized spacial score (nSPS) is 12.5. The quantitative estimate of drug-likeness (QED) is 0.866. The van der Waals surface area contributed by atoms with E-state index in [0.29, 0.717) is 5.82 Å². The van der Waals surface area contributed by atoms with E-state index in [-0.39, 0.29) is 17.4 Å². The summed E-state index contributed by atoms with van der Waals surface area (Å²) in [6.45, 7) is 3.99. The van der Waals surface area contributed by atoms with Crippen molar-refractivity contribution in [2.75, 3.05) is 10.6 Å². The van der Waals surface area contributed by atoms with Crippen LogP contribution in [0.4, 0.5) is 24.7 Å². The Hall–Kier alpha value is -2.64. The summed E-state index contributed by atoms with van der Waals surface area (Å²) < 4.78 is 37.5. The maximum absolute atomic E-state index is 12.5. The SMILES string of the molecule is CCC(C)Nc1cc(C(=O)Nc2ccc(C(F)(F)F)cc2)ncn1. The van der Waals surface area contributed by atoms with Crippen molar-refractivity contribution in [3.8, 4) is 0 Å². The fourth-order valence-electron chi connectivity index (χ4n) is 1.85. The molecule has 8 heteroatoms. The Morgan fingerprint density at radius 1 is 1.21 bits per heavy atom. The Bertz CT molecular complexity index is 701. The van der Waals surface area contributed by atoms with Crippen LogP contribution in [0, 0.1) is 0 Å². The van der Waals surface area contributed by atoms with E-state index >= 15 is 0 Å². The van der Waals surface area contributed by atoms with Gasteiger partial charge in [0.15, 0.2) is 0 Å². The Morgan fingerprint density at radius 3 is 2.46 bits per heavy atom. The molecule has 1 atom stereocenters. The second kappa shape index (κ2) is 7.29. The summed E-state index contributed by atoms with van der Waals surface area (Å²) in [6.07, 6.45) is -2.27. The molecular formula is C16H17F3N4O. The second-order valence-corrected chi connectivity index (χ2v) is 5.27. The summed E-state index contributed by atoms with van der Waals surface area (Å²) in [5.41, 5.74) is -0.402. The molecule has 0 bridgehead atoms. The minimum Gasteiger partial charge on any atom is -0.368 e. The van der Waals surface area contributed by atoms with Crippen molar-refractivity contribution in [2.24, 2.45) is 0 Å². The van der Waals surface area contributed by atoms with Gasteiger partial charge in [0.05, 0.1) is 5.56 Å². The third kappa shape index (κ3) is 4.68. The minimum atomic E-state index is -4.41. The zero-order valence-corrected chi connectivity index (χ0v) is 13.2. The largest absolute Gasteiger partial charge is 0.416 e. The highest BCUT2D eigenvalue weighted by atomic mass is 19.4. The number of rotatable bonds is 5. The Labute approximate surface area is 137 Å². The van der Waals surface area contributed by atoms with Gasteiger partial charge < -0.3 is 10.6 Å². The number of alkyl halides is 3. The summed E-state index contributed by atoms with van der Waals surface area (Å²) >= 11 is 0. The first kappa shape index (κ1) is 17.7. The van der Waals surface area contributed by atoms with Gasteiger partial charge in [-0.1, -0.05) is 6.92 Å². The average molecular weight is 338 g/mol. The number of nitrogens with zero attached hydrogens (tertiary/aromatic N) is 2. The van der Waals surface area contributed by atoms with Crippen LogP contribution in [0.1, 0.15) is 36.3 Å². The maximum atomic E-state index is 12.5. The number of carbonyl (C=O) groups is 1. The Kier molecular flexibility index (Phi) is 5.38. The number of halogens is 3. The van der Waals surface area contributed by atoms with Gasteiger partial charge in [0.1, 0.15) is 17.8 Å². The number of benzene rings is 1. The molecule has 1 heterocycles. The average Bonchev–Trinajstić information content (AvgIpc) is 2.54. The lowest BCUT2D eigenvalue weighted by atomic mass is 10.2. The lowest BCUT2D eigenvalue weighted by Crippen LogP contribution is -2.17. The van der Waals surface area contributed by atoms with Crippen LogP contribution in [0.25, 0.3) is 0 Å². The zero-order chi connectivity index (χ0) is 17.7. The third-order valence-corrected chi connectivity index (χ3v) is 3.38. The minimum absolute atomic E-state index is 0.121. The lowest BCUT2D eigenvalue weighted by molar-refractivity contribution is -0.137. The lowest BCUT2D eigenvalue weighted by Gasteiger charge is -2.12. The van der Waals surface area contributed by atoms with Crippen LogP contribution in [0.5, 0.6) is 0 Å². The second-order valence-electron chi connectivity index (χ2n) is 5.27. The van der Waals surface area contributed by atoms with Gasteiger partial charge in [-0.15, -0.1) is 0 Å². The van der Waals surface area contributed by atoms with Crippen molar-refractivity contribution in [3.05, 3.63) is 47.9 Å². The summed E-state index contributed by atoms with van der Waals surface area (Å²) in [4.78, 5) is 20.1. The topological polar surface area (TPSA) is 66.9 Å². The van der Waals surface area contributed by atoms with E-state index in [1.54, 1.807) is 0 Å². The van der Waals surface area contributed by atoms with Gasteiger partial charge in [0.2, 0.25) is 0 Å². The fourth-order valence-corrected chi connectivity index (χ4v) is 1.85. The van der Waals surface area contributed by atoms with E-state index in [9.17, 15) is 18.0 Å². The van der Waals surface area contributed by atoms with Gasteiger partial charge in [0.25, 0.3) is 5.91 Å². The van der Waals surface area contributed by atoms with E-state index < -0.39 is 17.6 Å². The molecule has 1 aromatic carbocycles. The molecule has 1 unspecified atom stereocenters. The molecule has 2 aromatic rings. The molecule has 1 amide bonds. The molecule has 0 aliphatic carbocycles. The highest BCUT2D eigenvalue weighted by Gasteiger charge is 2.30. The summed E-state index contributed by atoms with van der Waals surface area (Å²) in [5, 5.41) is 5.63. The molecule has 0 aliphatic heterocycles. The summed E-state index contributed by atoms with van der Waals surface area (Å²) in [6, 6.07) is 5.88. The molecule has 24 heavy (non-hydrogen) atoms. The number of carbonyl (C=O) groups excluding carboxylic acids is 1. The monoisotopic (exact) mass is 338 g/mol. The van der Waals surface area contributed by atoms with Crippen molar-refractivity contribution in [1.29, 1.82) is 0 Å². The molecule has 0 radical (unpaired) electrons. The molecule has 1 aromatic heterocycles. The van der Waals surface area contributed by atoms with Gasteiger partial charge in [-0.25, -0.2) is 9.97 Å². The van der Waals surface area contributed by atoms with E-state index in [1.807, 2.05) is 13.8 Å². The maximum Gasteiger partial charge on any atom is 0.416 e. The van der Waals surface area contributed by atoms with E-state index in [0.717, 1.165) is 18.6 Å². The number of anilines is 2. The zero-order valence-electron chi connectivity index (χ0n) is 13.2. The number of hydrogen-bond donors (Lipinski definition) is 2. The molecule has 5 nitrogen and oxygen atoms in total. The van der Waals surface area contributed by atoms with Crippen LogP contribution in [0.2, 0.25) is 0 Å². The number of aromatic nitrogens is 2. The van der Waals surface area contributed by atoms with Crippen LogP contribution in [0.15, 0.2) is 36.7 Å².